The summed E-state index contributed by atoms with van der Waals surface area (Å²) in [5.74, 6) is 0. The highest BCUT2D eigenvalue weighted by Crippen LogP contribution is 2.23. The summed E-state index contributed by atoms with van der Waals surface area (Å²) >= 11 is 0. The predicted octanol–water partition coefficient (Wildman–Crippen LogP) is 13.2. The zero-order chi connectivity index (χ0) is 28.8. The molecule has 0 aliphatic carbocycles. The number of unbranched alkanes of at least 4 members (excludes halogenated alkanes) is 27. The average molecular weight is 561 g/mol. The summed E-state index contributed by atoms with van der Waals surface area (Å²) in [4.78, 5) is 5.24. The van der Waals surface area contributed by atoms with Gasteiger partial charge in [0.1, 0.15) is 6.17 Å². The van der Waals surface area contributed by atoms with Crippen LogP contribution < -0.4 is 0 Å². The minimum absolute atomic E-state index is 0.633. The van der Waals surface area contributed by atoms with E-state index in [1.165, 1.54) is 199 Å². The van der Waals surface area contributed by atoms with Crippen LogP contribution >= 0.6 is 0 Å². The summed E-state index contributed by atoms with van der Waals surface area (Å²) in [7, 11) is 0. The Morgan fingerprint density at radius 1 is 0.350 bits per heavy atom. The van der Waals surface area contributed by atoms with Crippen molar-refractivity contribution in [1.82, 2.24) is 9.80 Å². The number of hydrogen-bond acceptors (Lipinski definition) is 2. The molecule has 0 aromatic carbocycles. The molecule has 2 heteroatoms. The standard InChI is InChI=1S/C38H76N2/c1-4-7-9-11-13-15-17-19-20-21-23-25-27-29-31-33-35-40-37-36-39(6-3)38(40)34-32-30-28-26-24-22-18-16-14-12-10-8-5-2/h36-38H,4-35H2,1-3H3. The summed E-state index contributed by atoms with van der Waals surface area (Å²) in [6, 6.07) is 0. The van der Waals surface area contributed by atoms with Gasteiger partial charge in [-0.25, -0.2) is 0 Å². The van der Waals surface area contributed by atoms with Crippen LogP contribution in [0.25, 0.3) is 0 Å². The molecule has 40 heavy (non-hydrogen) atoms. The quantitative estimate of drug-likeness (QED) is 0.0755. The lowest BCUT2D eigenvalue weighted by molar-refractivity contribution is 0.142. The Morgan fingerprint density at radius 2 is 0.650 bits per heavy atom. The Bertz CT molecular complexity index is 516. The average Bonchev–Trinajstić information content (AvgIpc) is 3.36. The fourth-order valence-corrected chi connectivity index (χ4v) is 6.62. The maximum atomic E-state index is 2.66. The predicted molar refractivity (Wildman–Crippen MR) is 182 cm³/mol. The molecular formula is C38H76N2. The van der Waals surface area contributed by atoms with E-state index in [9.17, 15) is 0 Å². The van der Waals surface area contributed by atoms with E-state index < -0.39 is 0 Å². The van der Waals surface area contributed by atoms with Gasteiger partial charge in [-0.15, -0.1) is 0 Å². The van der Waals surface area contributed by atoms with Crippen molar-refractivity contribution in [2.45, 2.75) is 220 Å². The molecule has 1 heterocycles. The molecule has 0 spiro atoms. The normalized spacial score (nSPS) is 15.1. The first-order chi connectivity index (χ1) is 19.8. The molecular weight excluding hydrogens is 484 g/mol. The SMILES string of the molecule is CCCCCCCCCCCCCCCCCCN1C=CN(CC)C1CCCCCCCCCCCCCCC. The topological polar surface area (TPSA) is 6.48 Å². The van der Waals surface area contributed by atoms with Crippen LogP contribution in [0, 0.1) is 0 Å². The molecule has 0 aromatic rings. The van der Waals surface area contributed by atoms with Gasteiger partial charge in [-0.3, -0.25) is 0 Å². The molecule has 0 aromatic heterocycles. The van der Waals surface area contributed by atoms with Crippen LogP contribution in [0.5, 0.6) is 0 Å². The van der Waals surface area contributed by atoms with Gasteiger partial charge in [0, 0.05) is 25.5 Å². The van der Waals surface area contributed by atoms with Crippen LogP contribution in [0.2, 0.25) is 0 Å². The third kappa shape index (κ3) is 22.0. The molecule has 0 radical (unpaired) electrons. The number of nitrogens with zero attached hydrogens (tertiary/aromatic N) is 2. The third-order valence-electron chi connectivity index (χ3n) is 9.42. The molecule has 0 amide bonds. The number of hydrogen-bond donors (Lipinski definition) is 0. The Hall–Kier alpha value is -0.660. The van der Waals surface area contributed by atoms with Crippen molar-refractivity contribution in [2.75, 3.05) is 13.1 Å². The van der Waals surface area contributed by atoms with E-state index in [2.05, 4.69) is 43.0 Å². The summed E-state index contributed by atoms with van der Waals surface area (Å²) in [5.41, 5.74) is 0. The Morgan fingerprint density at radius 3 is 1.00 bits per heavy atom. The molecule has 1 atom stereocenters. The van der Waals surface area contributed by atoms with E-state index in [0.717, 1.165) is 6.54 Å². The maximum absolute atomic E-state index is 2.66. The van der Waals surface area contributed by atoms with Crippen molar-refractivity contribution >= 4 is 0 Å². The van der Waals surface area contributed by atoms with Crippen LogP contribution in [0.4, 0.5) is 0 Å². The summed E-state index contributed by atoms with van der Waals surface area (Å²) < 4.78 is 0. The van der Waals surface area contributed by atoms with Gasteiger partial charge in [0.05, 0.1) is 0 Å². The van der Waals surface area contributed by atoms with Gasteiger partial charge in [-0.1, -0.05) is 187 Å². The van der Waals surface area contributed by atoms with Crippen molar-refractivity contribution < 1.29 is 0 Å². The van der Waals surface area contributed by atoms with E-state index in [1.807, 2.05) is 0 Å². The fourth-order valence-electron chi connectivity index (χ4n) is 6.62. The van der Waals surface area contributed by atoms with Gasteiger partial charge in [-0.05, 0) is 26.2 Å². The van der Waals surface area contributed by atoms with Crippen LogP contribution in [0.1, 0.15) is 213 Å². The second-order valence-electron chi connectivity index (χ2n) is 13.2. The molecule has 0 fully saturated rings. The van der Waals surface area contributed by atoms with Gasteiger partial charge < -0.3 is 9.80 Å². The fraction of sp³-hybridized carbons (Fsp3) is 0.947. The van der Waals surface area contributed by atoms with Gasteiger partial charge >= 0.3 is 0 Å². The molecule has 1 aliphatic rings. The summed E-state index contributed by atoms with van der Waals surface area (Å²) in [6.07, 6.45) is 48.8. The zero-order valence-electron chi connectivity index (χ0n) is 28.3. The van der Waals surface area contributed by atoms with Crippen molar-refractivity contribution in [3.05, 3.63) is 12.4 Å². The highest BCUT2D eigenvalue weighted by atomic mass is 15.4. The first-order valence-electron chi connectivity index (χ1n) is 19.0. The largest absolute Gasteiger partial charge is 0.356 e. The molecule has 238 valence electrons. The van der Waals surface area contributed by atoms with Crippen molar-refractivity contribution in [1.29, 1.82) is 0 Å². The molecule has 1 aliphatic heterocycles. The Kier molecular flexibility index (Phi) is 27.9. The van der Waals surface area contributed by atoms with E-state index in [4.69, 9.17) is 0 Å². The molecule has 0 N–H and O–H groups in total. The third-order valence-corrected chi connectivity index (χ3v) is 9.42. The minimum atomic E-state index is 0.633. The smallest absolute Gasteiger partial charge is 0.101 e. The van der Waals surface area contributed by atoms with E-state index in [1.54, 1.807) is 0 Å². The Labute approximate surface area is 254 Å². The van der Waals surface area contributed by atoms with E-state index in [0.29, 0.717) is 6.17 Å². The molecule has 0 bridgehead atoms. The van der Waals surface area contributed by atoms with Gasteiger partial charge in [0.15, 0.2) is 0 Å². The molecule has 1 unspecified atom stereocenters. The van der Waals surface area contributed by atoms with E-state index >= 15 is 0 Å². The highest BCUT2D eigenvalue weighted by Gasteiger charge is 2.23. The lowest BCUT2D eigenvalue weighted by atomic mass is 10.0. The van der Waals surface area contributed by atoms with E-state index in [-0.39, 0.29) is 0 Å². The molecule has 0 saturated carbocycles. The zero-order valence-corrected chi connectivity index (χ0v) is 28.3. The second-order valence-corrected chi connectivity index (χ2v) is 13.2. The van der Waals surface area contributed by atoms with Crippen LogP contribution in [0.3, 0.4) is 0 Å². The first-order valence-corrected chi connectivity index (χ1v) is 19.0. The van der Waals surface area contributed by atoms with Gasteiger partial charge in [-0.2, -0.15) is 0 Å². The first kappa shape index (κ1) is 37.4. The van der Waals surface area contributed by atoms with Crippen molar-refractivity contribution in [2.24, 2.45) is 0 Å². The lowest BCUT2D eigenvalue weighted by Crippen LogP contribution is -2.38. The van der Waals surface area contributed by atoms with Crippen LogP contribution in [0.15, 0.2) is 12.4 Å². The van der Waals surface area contributed by atoms with Crippen molar-refractivity contribution in [3.63, 3.8) is 0 Å². The maximum Gasteiger partial charge on any atom is 0.101 e. The number of rotatable bonds is 32. The Balaban J connectivity index is 1.92. The molecule has 1 rings (SSSR count). The highest BCUT2D eigenvalue weighted by molar-refractivity contribution is 4.96. The minimum Gasteiger partial charge on any atom is -0.356 e. The summed E-state index contributed by atoms with van der Waals surface area (Å²) in [6.45, 7) is 9.34. The second kappa shape index (κ2) is 29.8. The van der Waals surface area contributed by atoms with Gasteiger partial charge in [0.2, 0.25) is 0 Å². The summed E-state index contributed by atoms with van der Waals surface area (Å²) in [5, 5.41) is 0. The van der Waals surface area contributed by atoms with Crippen LogP contribution in [-0.4, -0.2) is 29.1 Å². The lowest BCUT2D eigenvalue weighted by Gasteiger charge is -2.32. The van der Waals surface area contributed by atoms with Gasteiger partial charge in [0.25, 0.3) is 0 Å². The van der Waals surface area contributed by atoms with Crippen molar-refractivity contribution in [3.8, 4) is 0 Å². The monoisotopic (exact) mass is 561 g/mol. The van der Waals surface area contributed by atoms with Crippen LogP contribution in [-0.2, 0) is 0 Å². The molecule has 0 saturated heterocycles. The molecule has 2 nitrogen and oxygen atoms in total.